The molecule has 19 heavy (non-hydrogen) atoms. The Morgan fingerprint density at radius 3 is 2.74 bits per heavy atom. The summed E-state index contributed by atoms with van der Waals surface area (Å²) in [7, 11) is 1.63. The van der Waals surface area contributed by atoms with Crippen LogP contribution >= 0.6 is 0 Å². The monoisotopic (exact) mass is 249 g/mol. The fraction of sp³-hybridized carbons (Fsp3) is 0.0625. The van der Waals surface area contributed by atoms with E-state index in [9.17, 15) is 4.79 Å². The summed E-state index contributed by atoms with van der Waals surface area (Å²) < 4.78 is 6.98. The van der Waals surface area contributed by atoms with E-state index < -0.39 is 0 Å². The van der Waals surface area contributed by atoms with Crippen molar-refractivity contribution in [1.29, 1.82) is 0 Å². The van der Waals surface area contributed by atoms with E-state index in [2.05, 4.69) is 0 Å². The Hall–Kier alpha value is -2.55. The maximum absolute atomic E-state index is 12.5. The quantitative estimate of drug-likeness (QED) is 0.485. The van der Waals surface area contributed by atoms with Gasteiger partial charge in [0.15, 0.2) is 0 Å². The highest BCUT2D eigenvalue weighted by molar-refractivity contribution is 6.11. The normalized spacial score (nSPS) is 11.6. The number of benzene rings is 2. The van der Waals surface area contributed by atoms with Crippen LogP contribution in [0.5, 0.6) is 5.75 Å². The van der Waals surface area contributed by atoms with Crippen molar-refractivity contribution in [1.82, 2.24) is 4.40 Å². The van der Waals surface area contributed by atoms with Crippen LogP contribution in [0.4, 0.5) is 0 Å². The van der Waals surface area contributed by atoms with Crippen molar-refractivity contribution < 1.29 is 4.74 Å². The Morgan fingerprint density at radius 2 is 1.89 bits per heavy atom. The number of pyridine rings is 1. The van der Waals surface area contributed by atoms with Crippen LogP contribution in [0.25, 0.3) is 27.1 Å². The lowest BCUT2D eigenvalue weighted by atomic mass is 10.1. The van der Waals surface area contributed by atoms with Gasteiger partial charge < -0.3 is 4.74 Å². The lowest BCUT2D eigenvalue weighted by Crippen LogP contribution is -2.11. The molecular weight excluding hydrogens is 238 g/mol. The average molecular weight is 249 g/mol. The molecule has 0 atom stereocenters. The van der Waals surface area contributed by atoms with E-state index in [1.54, 1.807) is 11.5 Å². The molecule has 0 aliphatic carbocycles. The molecule has 0 spiro atoms. The molecule has 0 bridgehead atoms. The minimum absolute atomic E-state index is 0.0198. The van der Waals surface area contributed by atoms with Crippen molar-refractivity contribution in [2.75, 3.05) is 7.11 Å². The van der Waals surface area contributed by atoms with Gasteiger partial charge in [0.25, 0.3) is 5.56 Å². The largest absolute Gasteiger partial charge is 0.497 e. The van der Waals surface area contributed by atoms with Crippen LogP contribution in [0, 0.1) is 0 Å². The topological polar surface area (TPSA) is 30.7 Å². The van der Waals surface area contributed by atoms with E-state index in [1.165, 1.54) is 0 Å². The summed E-state index contributed by atoms with van der Waals surface area (Å²) in [5.74, 6) is 0.767. The Kier molecular flexibility index (Phi) is 1.90. The minimum atomic E-state index is 0.0198. The van der Waals surface area contributed by atoms with Crippen LogP contribution in [0.15, 0.2) is 53.5 Å². The van der Waals surface area contributed by atoms with E-state index >= 15 is 0 Å². The van der Waals surface area contributed by atoms with Crippen molar-refractivity contribution in [2.24, 2.45) is 0 Å². The fourth-order valence-corrected chi connectivity index (χ4v) is 2.77. The highest BCUT2D eigenvalue weighted by atomic mass is 16.5. The molecule has 92 valence electrons. The van der Waals surface area contributed by atoms with Crippen molar-refractivity contribution >= 4 is 27.1 Å². The summed E-state index contributed by atoms with van der Waals surface area (Å²) in [5.41, 5.74) is 1.000. The van der Waals surface area contributed by atoms with Gasteiger partial charge in [-0.1, -0.05) is 18.2 Å². The molecule has 0 unspecified atom stereocenters. The first-order valence-corrected chi connectivity index (χ1v) is 6.13. The van der Waals surface area contributed by atoms with Gasteiger partial charge in [-0.2, -0.15) is 0 Å². The third-order valence-electron chi connectivity index (χ3n) is 3.68. The SMILES string of the molecule is COc1ccc2c(=O)n3ccc4cccc(c2c1)c43. The van der Waals surface area contributed by atoms with Crippen molar-refractivity contribution in [3.05, 3.63) is 59.0 Å². The van der Waals surface area contributed by atoms with Crippen molar-refractivity contribution in [2.45, 2.75) is 0 Å². The van der Waals surface area contributed by atoms with Crippen LogP contribution in [0.1, 0.15) is 0 Å². The van der Waals surface area contributed by atoms with Crippen LogP contribution in [0.3, 0.4) is 0 Å². The standard InChI is InChI=1S/C16H11NO2/c1-19-11-5-6-13-14(9-11)12-4-2-3-10-7-8-17(15(10)12)16(13)18/h2-9H,1H3. The van der Waals surface area contributed by atoms with E-state index in [0.717, 1.165) is 32.8 Å². The number of hydrogen-bond donors (Lipinski definition) is 0. The van der Waals surface area contributed by atoms with Gasteiger partial charge in [0, 0.05) is 27.7 Å². The zero-order chi connectivity index (χ0) is 13.0. The highest BCUT2D eigenvalue weighted by Gasteiger charge is 2.11. The van der Waals surface area contributed by atoms with Crippen LogP contribution < -0.4 is 10.3 Å². The molecule has 0 saturated heterocycles. The summed E-state index contributed by atoms with van der Waals surface area (Å²) in [4.78, 5) is 12.5. The molecule has 0 amide bonds. The van der Waals surface area contributed by atoms with Crippen molar-refractivity contribution in [3.63, 3.8) is 0 Å². The summed E-state index contributed by atoms with van der Waals surface area (Å²) >= 11 is 0. The molecule has 3 nitrogen and oxygen atoms in total. The molecule has 0 aliphatic heterocycles. The molecule has 4 rings (SSSR count). The summed E-state index contributed by atoms with van der Waals surface area (Å²) in [5, 5.41) is 3.83. The number of para-hydroxylation sites is 1. The number of ether oxygens (including phenoxy) is 1. The van der Waals surface area contributed by atoms with Crippen LogP contribution in [-0.2, 0) is 0 Å². The smallest absolute Gasteiger partial charge is 0.263 e. The zero-order valence-electron chi connectivity index (χ0n) is 10.4. The third-order valence-corrected chi connectivity index (χ3v) is 3.68. The second-order valence-corrected chi connectivity index (χ2v) is 4.65. The summed E-state index contributed by atoms with van der Waals surface area (Å²) in [6.45, 7) is 0. The van der Waals surface area contributed by atoms with E-state index in [-0.39, 0.29) is 5.56 Å². The number of nitrogens with zero attached hydrogens (tertiary/aromatic N) is 1. The average Bonchev–Trinajstić information content (AvgIpc) is 2.89. The predicted octanol–water partition coefficient (Wildman–Crippen LogP) is 3.05. The van der Waals surface area contributed by atoms with E-state index in [1.807, 2.05) is 48.7 Å². The summed E-state index contributed by atoms with van der Waals surface area (Å²) in [6, 6.07) is 13.6. The Morgan fingerprint density at radius 1 is 1.00 bits per heavy atom. The molecule has 0 saturated carbocycles. The Labute approximate surface area is 109 Å². The molecule has 2 aromatic carbocycles. The maximum atomic E-state index is 12.5. The number of aromatic nitrogens is 1. The zero-order valence-corrected chi connectivity index (χ0v) is 10.4. The molecular formula is C16H11NO2. The van der Waals surface area contributed by atoms with E-state index in [0.29, 0.717) is 0 Å². The van der Waals surface area contributed by atoms with E-state index in [4.69, 9.17) is 4.74 Å². The molecule has 2 aromatic heterocycles. The second-order valence-electron chi connectivity index (χ2n) is 4.65. The molecule has 4 aromatic rings. The molecule has 0 N–H and O–H groups in total. The van der Waals surface area contributed by atoms with Gasteiger partial charge in [-0.25, -0.2) is 0 Å². The number of rotatable bonds is 1. The number of hydrogen-bond acceptors (Lipinski definition) is 2. The lowest BCUT2D eigenvalue weighted by Gasteiger charge is -2.07. The molecule has 3 heteroatoms. The van der Waals surface area contributed by atoms with Crippen LogP contribution in [0.2, 0.25) is 0 Å². The second kappa shape index (κ2) is 3.48. The molecule has 2 heterocycles. The first-order valence-electron chi connectivity index (χ1n) is 6.13. The maximum Gasteiger partial charge on any atom is 0.263 e. The number of methoxy groups -OCH3 is 1. The molecule has 0 aliphatic rings. The highest BCUT2D eigenvalue weighted by Crippen LogP contribution is 2.29. The van der Waals surface area contributed by atoms with Gasteiger partial charge in [0.2, 0.25) is 0 Å². The predicted molar refractivity (Wildman–Crippen MR) is 76.4 cm³/mol. The van der Waals surface area contributed by atoms with Gasteiger partial charge >= 0.3 is 0 Å². The van der Waals surface area contributed by atoms with Gasteiger partial charge in [-0.3, -0.25) is 9.20 Å². The molecule has 0 radical (unpaired) electrons. The first kappa shape index (κ1) is 10.4. The van der Waals surface area contributed by atoms with Gasteiger partial charge in [-0.05, 0) is 24.3 Å². The van der Waals surface area contributed by atoms with Crippen molar-refractivity contribution in [3.8, 4) is 5.75 Å². The van der Waals surface area contributed by atoms with Crippen LogP contribution in [-0.4, -0.2) is 11.5 Å². The van der Waals surface area contributed by atoms with Gasteiger partial charge in [-0.15, -0.1) is 0 Å². The summed E-state index contributed by atoms with van der Waals surface area (Å²) in [6.07, 6.45) is 1.84. The number of fused-ring (bicyclic) bond motifs is 2. The fourth-order valence-electron chi connectivity index (χ4n) is 2.77. The van der Waals surface area contributed by atoms with Gasteiger partial charge in [0.05, 0.1) is 12.6 Å². The minimum Gasteiger partial charge on any atom is -0.497 e. The Bertz CT molecular complexity index is 969. The van der Waals surface area contributed by atoms with Gasteiger partial charge in [0.1, 0.15) is 5.75 Å². The molecule has 0 fully saturated rings. The Balaban J connectivity index is 2.39. The lowest BCUT2D eigenvalue weighted by molar-refractivity contribution is 0.415. The first-order chi connectivity index (χ1) is 9.29. The third kappa shape index (κ3) is 1.24.